The average Bonchev–Trinajstić information content (AvgIpc) is 2.55. The molecule has 0 radical (unpaired) electrons. The molecule has 0 spiro atoms. The van der Waals surface area contributed by atoms with E-state index >= 15 is 0 Å². The van der Waals surface area contributed by atoms with Gasteiger partial charge in [0.2, 0.25) is 0 Å². The van der Waals surface area contributed by atoms with Gasteiger partial charge in [-0.25, -0.2) is 4.98 Å². The second-order valence-corrected chi connectivity index (χ2v) is 5.43. The first-order chi connectivity index (χ1) is 9.92. The second kappa shape index (κ2) is 4.75. The lowest BCUT2D eigenvalue weighted by Crippen LogP contribution is -2.30. The molecule has 1 saturated heterocycles. The molecule has 3 nitrogen and oxygen atoms in total. The lowest BCUT2D eigenvalue weighted by molar-refractivity contribution is 0.574. The van der Waals surface area contributed by atoms with Gasteiger partial charge < -0.3 is 4.90 Å². The van der Waals surface area contributed by atoms with Crippen LogP contribution < -0.4 is 4.90 Å². The smallest absolute Gasteiger partial charge is 0.129 e. The van der Waals surface area contributed by atoms with Crippen molar-refractivity contribution in [3.63, 3.8) is 0 Å². The first-order valence-corrected chi connectivity index (χ1v) is 7.31. The van der Waals surface area contributed by atoms with Crippen LogP contribution >= 0.6 is 0 Å². The van der Waals surface area contributed by atoms with Gasteiger partial charge in [0.1, 0.15) is 5.82 Å². The van der Waals surface area contributed by atoms with Crippen LogP contribution in [0.15, 0.2) is 42.6 Å². The van der Waals surface area contributed by atoms with E-state index in [9.17, 15) is 0 Å². The molecule has 2 aromatic heterocycles. The minimum absolute atomic E-state index is 1.00. The highest BCUT2D eigenvalue weighted by atomic mass is 15.2. The van der Waals surface area contributed by atoms with Crippen molar-refractivity contribution >= 4 is 27.6 Å². The number of hydrogen-bond acceptors (Lipinski definition) is 3. The van der Waals surface area contributed by atoms with E-state index in [1.165, 1.54) is 19.3 Å². The standard InChI is InChI=1S/C17H17N3/c1-2-11-20(12-3-1)15-9-8-14-7-6-13-5-4-10-18-16(13)17(14)19-15/h4-10H,1-3,11-12H2. The van der Waals surface area contributed by atoms with Crippen molar-refractivity contribution in [3.05, 3.63) is 42.6 Å². The Bertz CT molecular complexity index is 760. The maximum atomic E-state index is 4.89. The molecular weight excluding hydrogens is 246 g/mol. The van der Waals surface area contributed by atoms with Gasteiger partial charge in [0.15, 0.2) is 0 Å². The number of benzene rings is 1. The summed E-state index contributed by atoms with van der Waals surface area (Å²) in [6.45, 7) is 2.24. The molecule has 0 saturated carbocycles. The lowest BCUT2D eigenvalue weighted by atomic mass is 10.1. The predicted octanol–water partition coefficient (Wildman–Crippen LogP) is 3.77. The van der Waals surface area contributed by atoms with Gasteiger partial charge in [0.05, 0.1) is 11.0 Å². The van der Waals surface area contributed by atoms with Gasteiger partial charge in [-0.05, 0) is 37.5 Å². The quantitative estimate of drug-likeness (QED) is 0.626. The van der Waals surface area contributed by atoms with Crippen LogP contribution in [0.25, 0.3) is 21.8 Å². The zero-order chi connectivity index (χ0) is 13.4. The van der Waals surface area contributed by atoms with Crippen molar-refractivity contribution in [1.82, 2.24) is 9.97 Å². The molecule has 3 aromatic rings. The maximum absolute atomic E-state index is 4.89. The fraction of sp³-hybridized carbons (Fsp3) is 0.294. The number of nitrogens with zero attached hydrogens (tertiary/aromatic N) is 3. The molecule has 4 rings (SSSR count). The van der Waals surface area contributed by atoms with E-state index < -0.39 is 0 Å². The van der Waals surface area contributed by atoms with Crippen LogP contribution in [0.5, 0.6) is 0 Å². The zero-order valence-corrected chi connectivity index (χ0v) is 11.4. The molecule has 1 fully saturated rings. The largest absolute Gasteiger partial charge is 0.357 e. The summed E-state index contributed by atoms with van der Waals surface area (Å²) in [4.78, 5) is 11.8. The third-order valence-electron chi connectivity index (χ3n) is 4.10. The van der Waals surface area contributed by atoms with E-state index in [4.69, 9.17) is 4.98 Å². The maximum Gasteiger partial charge on any atom is 0.129 e. The first kappa shape index (κ1) is 11.6. The highest BCUT2D eigenvalue weighted by Gasteiger charge is 2.13. The fourth-order valence-corrected chi connectivity index (χ4v) is 3.01. The minimum atomic E-state index is 1.00. The highest BCUT2D eigenvalue weighted by molar-refractivity contribution is 6.03. The number of pyridine rings is 2. The van der Waals surface area contributed by atoms with Crippen molar-refractivity contribution in [2.24, 2.45) is 0 Å². The average molecular weight is 263 g/mol. The van der Waals surface area contributed by atoms with E-state index in [0.29, 0.717) is 0 Å². The molecular formula is C17H17N3. The number of piperidine rings is 1. The second-order valence-electron chi connectivity index (χ2n) is 5.43. The molecule has 0 atom stereocenters. The monoisotopic (exact) mass is 263 g/mol. The van der Waals surface area contributed by atoms with E-state index in [0.717, 1.165) is 40.7 Å². The molecule has 3 heteroatoms. The van der Waals surface area contributed by atoms with Crippen molar-refractivity contribution in [3.8, 4) is 0 Å². The van der Waals surface area contributed by atoms with Crippen LogP contribution in [0, 0.1) is 0 Å². The molecule has 0 amide bonds. The van der Waals surface area contributed by atoms with Gasteiger partial charge in [-0.2, -0.15) is 0 Å². The Labute approximate surface area is 118 Å². The van der Waals surface area contributed by atoms with Crippen LogP contribution in [-0.2, 0) is 0 Å². The molecule has 1 aliphatic rings. The number of hydrogen-bond donors (Lipinski definition) is 0. The molecule has 1 aliphatic heterocycles. The van der Waals surface area contributed by atoms with E-state index in [2.05, 4.69) is 40.2 Å². The minimum Gasteiger partial charge on any atom is -0.357 e. The number of aromatic nitrogens is 2. The summed E-state index contributed by atoms with van der Waals surface area (Å²) in [5.41, 5.74) is 2.02. The third kappa shape index (κ3) is 1.90. The third-order valence-corrected chi connectivity index (χ3v) is 4.10. The molecule has 1 aromatic carbocycles. The fourth-order valence-electron chi connectivity index (χ4n) is 3.01. The van der Waals surface area contributed by atoms with Crippen LogP contribution in [0.4, 0.5) is 5.82 Å². The molecule has 0 aliphatic carbocycles. The van der Waals surface area contributed by atoms with Crippen LogP contribution in [0.3, 0.4) is 0 Å². The Morgan fingerprint density at radius 2 is 1.55 bits per heavy atom. The Hall–Kier alpha value is -2.16. The molecule has 0 bridgehead atoms. The van der Waals surface area contributed by atoms with Crippen molar-refractivity contribution in [2.75, 3.05) is 18.0 Å². The molecule has 100 valence electrons. The van der Waals surface area contributed by atoms with Gasteiger partial charge in [0.25, 0.3) is 0 Å². The normalized spacial score (nSPS) is 15.9. The summed E-state index contributed by atoms with van der Waals surface area (Å²) in [6.07, 6.45) is 5.73. The number of anilines is 1. The number of rotatable bonds is 1. The van der Waals surface area contributed by atoms with Gasteiger partial charge in [-0.3, -0.25) is 4.98 Å². The van der Waals surface area contributed by atoms with Crippen LogP contribution in [0.1, 0.15) is 19.3 Å². The first-order valence-electron chi connectivity index (χ1n) is 7.31. The summed E-state index contributed by atoms with van der Waals surface area (Å²) in [7, 11) is 0. The summed E-state index contributed by atoms with van der Waals surface area (Å²) in [5, 5.41) is 2.32. The summed E-state index contributed by atoms with van der Waals surface area (Å²) in [6, 6.07) is 12.6. The zero-order valence-electron chi connectivity index (χ0n) is 11.4. The SMILES string of the molecule is c1cnc2c(c1)ccc1ccc(N3CCCCC3)nc12. The Morgan fingerprint density at radius 1 is 0.800 bits per heavy atom. The van der Waals surface area contributed by atoms with Gasteiger partial charge in [0, 0.05) is 30.1 Å². The van der Waals surface area contributed by atoms with E-state index in [-0.39, 0.29) is 0 Å². The van der Waals surface area contributed by atoms with Gasteiger partial charge in [-0.15, -0.1) is 0 Å². The summed E-state index contributed by atoms with van der Waals surface area (Å²) < 4.78 is 0. The molecule has 0 unspecified atom stereocenters. The molecule has 3 heterocycles. The van der Waals surface area contributed by atoms with E-state index in [1.54, 1.807) is 0 Å². The summed E-state index contributed by atoms with van der Waals surface area (Å²) in [5.74, 6) is 1.09. The topological polar surface area (TPSA) is 29.0 Å². The van der Waals surface area contributed by atoms with Crippen molar-refractivity contribution < 1.29 is 0 Å². The van der Waals surface area contributed by atoms with E-state index in [1.807, 2.05) is 12.3 Å². The Kier molecular flexibility index (Phi) is 2.76. The van der Waals surface area contributed by atoms with Crippen LogP contribution in [-0.4, -0.2) is 23.1 Å². The number of fused-ring (bicyclic) bond motifs is 3. The lowest BCUT2D eigenvalue weighted by Gasteiger charge is -2.27. The predicted molar refractivity (Wildman–Crippen MR) is 83.1 cm³/mol. The molecule has 20 heavy (non-hydrogen) atoms. The Balaban J connectivity index is 1.90. The van der Waals surface area contributed by atoms with Crippen LogP contribution in [0.2, 0.25) is 0 Å². The van der Waals surface area contributed by atoms with Crippen molar-refractivity contribution in [1.29, 1.82) is 0 Å². The summed E-state index contributed by atoms with van der Waals surface area (Å²) >= 11 is 0. The van der Waals surface area contributed by atoms with Gasteiger partial charge in [-0.1, -0.05) is 18.2 Å². The van der Waals surface area contributed by atoms with Gasteiger partial charge >= 0.3 is 0 Å². The van der Waals surface area contributed by atoms with Crippen molar-refractivity contribution in [2.45, 2.75) is 19.3 Å². The molecule has 0 N–H and O–H groups in total. The Morgan fingerprint density at radius 3 is 2.40 bits per heavy atom. The highest BCUT2D eigenvalue weighted by Crippen LogP contribution is 2.25.